The highest BCUT2D eigenvalue weighted by atomic mass is 32.2. The molecule has 6 heteroatoms. The molecular weight excluding hydrogens is 308 g/mol. The van der Waals surface area contributed by atoms with Crippen LogP contribution in [0.2, 0.25) is 0 Å². The van der Waals surface area contributed by atoms with Crippen molar-refractivity contribution >= 4 is 17.2 Å². The third-order valence-corrected chi connectivity index (χ3v) is 5.25. The van der Waals surface area contributed by atoms with Crippen molar-refractivity contribution in [1.29, 1.82) is 0 Å². The zero-order valence-corrected chi connectivity index (χ0v) is 15.1. The summed E-state index contributed by atoms with van der Waals surface area (Å²) in [5.74, 6) is 0.344. The average molecular weight is 332 g/mol. The summed E-state index contributed by atoms with van der Waals surface area (Å²) in [6, 6.07) is 11.6. The molecule has 0 fully saturated rings. The molecule has 0 saturated heterocycles. The monoisotopic (exact) mass is 332 g/mol. The third kappa shape index (κ3) is 4.22. The molecular formula is C17H24N4OS. The maximum absolute atomic E-state index is 12.5. The molecule has 0 amide bonds. The molecule has 0 spiro atoms. The normalized spacial score (nSPS) is 13.8. The molecule has 1 unspecified atom stereocenters. The molecule has 0 aliphatic heterocycles. The van der Waals surface area contributed by atoms with Gasteiger partial charge < -0.3 is 10.3 Å². The average Bonchev–Trinajstić information content (AvgIpc) is 2.46. The first kappa shape index (κ1) is 17.7. The molecule has 1 heterocycles. The van der Waals surface area contributed by atoms with Gasteiger partial charge in [0.05, 0.1) is 11.2 Å². The Morgan fingerprint density at radius 2 is 1.65 bits per heavy atom. The summed E-state index contributed by atoms with van der Waals surface area (Å²) in [6.45, 7) is 9.75. The second-order valence-electron chi connectivity index (χ2n) is 7.01. The van der Waals surface area contributed by atoms with E-state index in [4.69, 9.17) is 5.73 Å². The standard InChI is InChI=1S/C17H24N4OS/c1-16(2,3)23(22)21-17(4,5)13-11-14(18)19-20-15(13)12-9-7-6-8-10-12/h6-11,21H,1-5H3,(H2,18,19). The van der Waals surface area contributed by atoms with E-state index in [-0.39, 0.29) is 4.75 Å². The number of aromatic nitrogens is 2. The number of benzene rings is 1. The number of anilines is 1. The largest absolute Gasteiger partial charge is 0.598 e. The van der Waals surface area contributed by atoms with E-state index in [1.54, 1.807) is 6.07 Å². The van der Waals surface area contributed by atoms with E-state index in [0.717, 1.165) is 16.8 Å². The quantitative estimate of drug-likeness (QED) is 0.840. The summed E-state index contributed by atoms with van der Waals surface area (Å²) in [7, 11) is 0. The summed E-state index contributed by atoms with van der Waals surface area (Å²) < 4.78 is 15.4. The van der Waals surface area contributed by atoms with Crippen LogP contribution >= 0.6 is 0 Å². The second-order valence-corrected chi connectivity index (χ2v) is 8.97. The molecule has 3 N–H and O–H groups in total. The predicted molar refractivity (Wildman–Crippen MR) is 95.9 cm³/mol. The van der Waals surface area contributed by atoms with E-state index in [2.05, 4.69) is 14.9 Å². The Hall–Kier alpha value is -1.63. The molecule has 5 nitrogen and oxygen atoms in total. The van der Waals surface area contributed by atoms with Crippen LogP contribution in [0.3, 0.4) is 0 Å². The zero-order chi connectivity index (χ0) is 17.3. The first-order valence-corrected chi connectivity index (χ1v) is 8.65. The van der Waals surface area contributed by atoms with Crippen LogP contribution in [0.1, 0.15) is 40.2 Å². The SMILES string of the molecule is CC(C)(N[S+]([O-])C(C)(C)C)c1cc(N)nnc1-c1ccccc1. The third-order valence-electron chi connectivity index (χ3n) is 3.44. The van der Waals surface area contributed by atoms with E-state index >= 15 is 0 Å². The molecule has 2 rings (SSSR count). The van der Waals surface area contributed by atoms with Crippen molar-refractivity contribution in [1.82, 2.24) is 14.9 Å². The molecule has 2 aromatic rings. The summed E-state index contributed by atoms with van der Waals surface area (Å²) in [4.78, 5) is 0. The molecule has 0 bridgehead atoms. The fraction of sp³-hybridized carbons (Fsp3) is 0.412. The zero-order valence-electron chi connectivity index (χ0n) is 14.3. The first-order chi connectivity index (χ1) is 10.6. The molecule has 0 aliphatic carbocycles. The van der Waals surface area contributed by atoms with Gasteiger partial charge in [-0.2, -0.15) is 0 Å². The Morgan fingerprint density at radius 1 is 1.04 bits per heavy atom. The second kappa shape index (κ2) is 6.47. The Balaban J connectivity index is 2.47. The van der Waals surface area contributed by atoms with Crippen LogP contribution in [0.5, 0.6) is 0 Å². The van der Waals surface area contributed by atoms with Gasteiger partial charge in [-0.05, 0) is 40.7 Å². The molecule has 1 aromatic carbocycles. The number of nitrogens with one attached hydrogen (secondary N) is 1. The van der Waals surface area contributed by atoms with E-state index in [1.807, 2.05) is 65.0 Å². The number of hydrogen-bond acceptors (Lipinski definition) is 5. The van der Waals surface area contributed by atoms with Crippen LogP contribution < -0.4 is 10.5 Å². The van der Waals surface area contributed by atoms with Gasteiger partial charge in [0, 0.05) is 22.5 Å². The number of nitrogens with zero attached hydrogens (tertiary/aromatic N) is 2. The van der Waals surface area contributed by atoms with Crippen molar-refractivity contribution in [2.45, 2.75) is 44.9 Å². The maximum atomic E-state index is 12.5. The van der Waals surface area contributed by atoms with Gasteiger partial charge in [0.25, 0.3) is 0 Å². The van der Waals surface area contributed by atoms with Crippen molar-refractivity contribution < 1.29 is 4.55 Å². The predicted octanol–water partition coefficient (Wildman–Crippen LogP) is 3.01. The van der Waals surface area contributed by atoms with Crippen molar-refractivity contribution in [3.8, 4) is 11.3 Å². The van der Waals surface area contributed by atoms with Crippen LogP contribution in [-0.4, -0.2) is 19.5 Å². The van der Waals surface area contributed by atoms with Crippen molar-refractivity contribution in [2.24, 2.45) is 0 Å². The van der Waals surface area contributed by atoms with Gasteiger partial charge in [-0.3, -0.25) is 0 Å². The molecule has 0 saturated carbocycles. The lowest BCUT2D eigenvalue weighted by molar-refractivity contribution is 0.456. The summed E-state index contributed by atoms with van der Waals surface area (Å²) in [6.07, 6.45) is 0. The smallest absolute Gasteiger partial charge is 0.146 e. The van der Waals surface area contributed by atoms with Crippen LogP contribution in [0.25, 0.3) is 11.3 Å². The number of rotatable bonds is 4. The number of nitrogens with two attached hydrogens (primary N) is 1. The highest BCUT2D eigenvalue weighted by Gasteiger charge is 2.36. The minimum absolute atomic E-state index is 0.344. The van der Waals surface area contributed by atoms with Crippen molar-refractivity contribution in [2.75, 3.05) is 5.73 Å². The molecule has 23 heavy (non-hydrogen) atoms. The molecule has 124 valence electrons. The van der Waals surface area contributed by atoms with Crippen LogP contribution in [0.4, 0.5) is 5.82 Å². The Labute approximate surface area is 141 Å². The summed E-state index contributed by atoms with van der Waals surface area (Å²) in [5, 5.41) is 8.25. The lowest BCUT2D eigenvalue weighted by Crippen LogP contribution is -2.48. The minimum atomic E-state index is -1.22. The molecule has 0 radical (unpaired) electrons. The van der Waals surface area contributed by atoms with Crippen molar-refractivity contribution in [3.05, 3.63) is 42.0 Å². The van der Waals surface area contributed by atoms with Gasteiger partial charge >= 0.3 is 0 Å². The van der Waals surface area contributed by atoms with Gasteiger partial charge in [-0.25, -0.2) is 0 Å². The Morgan fingerprint density at radius 3 is 2.22 bits per heavy atom. The number of hydrogen-bond donors (Lipinski definition) is 2. The van der Waals surface area contributed by atoms with Gasteiger partial charge in [0.15, 0.2) is 0 Å². The fourth-order valence-electron chi connectivity index (χ4n) is 2.13. The summed E-state index contributed by atoms with van der Waals surface area (Å²) >= 11 is -1.22. The van der Waals surface area contributed by atoms with Gasteiger partial charge in [-0.1, -0.05) is 30.3 Å². The van der Waals surface area contributed by atoms with E-state index in [9.17, 15) is 4.55 Å². The Bertz CT molecular complexity index is 668. The Kier molecular flexibility index (Phi) is 4.98. The maximum Gasteiger partial charge on any atom is 0.146 e. The molecule has 1 atom stereocenters. The summed E-state index contributed by atoms with van der Waals surface area (Å²) in [5.41, 5.74) is 7.82. The van der Waals surface area contributed by atoms with E-state index in [0.29, 0.717) is 5.82 Å². The van der Waals surface area contributed by atoms with E-state index in [1.165, 1.54) is 0 Å². The lowest BCUT2D eigenvalue weighted by atomic mass is 9.91. The van der Waals surface area contributed by atoms with Crippen LogP contribution in [-0.2, 0) is 16.9 Å². The highest BCUT2D eigenvalue weighted by Crippen LogP contribution is 2.32. The fourth-order valence-corrected chi connectivity index (χ4v) is 3.01. The number of nitrogen functional groups attached to an aromatic ring is 1. The van der Waals surface area contributed by atoms with Crippen molar-refractivity contribution in [3.63, 3.8) is 0 Å². The molecule has 0 aliphatic rings. The minimum Gasteiger partial charge on any atom is -0.598 e. The lowest BCUT2D eigenvalue weighted by Gasteiger charge is -2.33. The van der Waals surface area contributed by atoms with Crippen LogP contribution in [0.15, 0.2) is 36.4 Å². The van der Waals surface area contributed by atoms with Gasteiger partial charge in [0.1, 0.15) is 10.6 Å². The van der Waals surface area contributed by atoms with E-state index < -0.39 is 16.9 Å². The van der Waals surface area contributed by atoms with Crippen LogP contribution in [0, 0.1) is 0 Å². The van der Waals surface area contributed by atoms with Gasteiger partial charge in [-0.15, -0.1) is 14.9 Å². The van der Waals surface area contributed by atoms with Gasteiger partial charge in [0.2, 0.25) is 0 Å². The highest BCUT2D eigenvalue weighted by molar-refractivity contribution is 7.90. The first-order valence-electron chi connectivity index (χ1n) is 7.50. The topological polar surface area (TPSA) is 86.9 Å². The molecule has 1 aromatic heterocycles.